The van der Waals surface area contributed by atoms with Crippen LogP contribution in [0.3, 0.4) is 0 Å². The van der Waals surface area contributed by atoms with Crippen LogP contribution in [0, 0.1) is 6.92 Å². The minimum absolute atomic E-state index is 0.267. The monoisotopic (exact) mass is 257 g/mol. The molecule has 0 spiro atoms. The van der Waals surface area contributed by atoms with Gasteiger partial charge in [0, 0.05) is 18.9 Å². The van der Waals surface area contributed by atoms with Gasteiger partial charge in [0.15, 0.2) is 0 Å². The van der Waals surface area contributed by atoms with Gasteiger partial charge in [-0.15, -0.1) is 0 Å². The molecule has 0 saturated carbocycles. The van der Waals surface area contributed by atoms with Gasteiger partial charge in [0.25, 0.3) is 0 Å². The van der Waals surface area contributed by atoms with Gasteiger partial charge >= 0.3 is 0 Å². The van der Waals surface area contributed by atoms with Crippen molar-refractivity contribution in [2.75, 3.05) is 37.1 Å². The number of rotatable bonds is 8. The van der Waals surface area contributed by atoms with E-state index in [0.717, 1.165) is 35.9 Å². The summed E-state index contributed by atoms with van der Waals surface area (Å²) in [6.07, 6.45) is 2.35. The first kappa shape index (κ1) is 14.1. The first-order valence-electron chi connectivity index (χ1n) is 5.57. The van der Waals surface area contributed by atoms with Gasteiger partial charge in [-0.1, -0.05) is 0 Å². The summed E-state index contributed by atoms with van der Waals surface area (Å²) >= 11 is 1.82. The highest BCUT2D eigenvalue weighted by molar-refractivity contribution is 7.99. The average Bonchev–Trinajstić information content (AvgIpc) is 2.35. The van der Waals surface area contributed by atoms with Crippen LogP contribution >= 0.6 is 11.8 Å². The van der Waals surface area contributed by atoms with E-state index in [0.29, 0.717) is 5.88 Å². The molecule has 0 bridgehead atoms. The topological polar surface area (TPSA) is 67.3 Å². The van der Waals surface area contributed by atoms with Crippen molar-refractivity contribution in [2.45, 2.75) is 13.3 Å². The fraction of sp³-hybridized carbons (Fsp3) is 0.636. The van der Waals surface area contributed by atoms with Crippen LogP contribution in [-0.4, -0.2) is 46.8 Å². The van der Waals surface area contributed by atoms with Crippen molar-refractivity contribution in [3.8, 4) is 5.88 Å². The molecule has 1 aromatic rings. The van der Waals surface area contributed by atoms with Gasteiger partial charge in [-0.05, 0) is 19.1 Å². The summed E-state index contributed by atoms with van der Waals surface area (Å²) in [6, 6.07) is 0. The van der Waals surface area contributed by atoms with Crippen molar-refractivity contribution < 1.29 is 9.84 Å². The number of aromatic nitrogens is 2. The number of aliphatic hydroxyl groups excluding tert-OH is 1. The Morgan fingerprint density at radius 2 is 2.24 bits per heavy atom. The van der Waals surface area contributed by atoms with Gasteiger partial charge < -0.3 is 15.2 Å². The summed E-state index contributed by atoms with van der Waals surface area (Å²) in [5.41, 5.74) is 0.926. The van der Waals surface area contributed by atoms with Crippen molar-refractivity contribution in [3.05, 3.63) is 11.9 Å². The van der Waals surface area contributed by atoms with Crippen molar-refractivity contribution in [3.63, 3.8) is 0 Å². The molecule has 0 aliphatic heterocycles. The molecule has 1 rings (SSSR count). The molecule has 0 fully saturated rings. The Hall–Kier alpha value is -1.01. The smallest absolute Gasteiger partial charge is 0.221 e. The second-order valence-electron chi connectivity index (χ2n) is 3.47. The molecule has 96 valence electrons. The second kappa shape index (κ2) is 8.14. The highest BCUT2D eigenvalue weighted by Gasteiger charge is 2.05. The maximum atomic E-state index is 8.64. The van der Waals surface area contributed by atoms with E-state index in [2.05, 4.69) is 15.3 Å². The molecular formula is C11H19N3O2S. The summed E-state index contributed by atoms with van der Waals surface area (Å²) in [5, 5.41) is 11.9. The maximum absolute atomic E-state index is 8.64. The number of hydrogen-bond acceptors (Lipinski definition) is 6. The zero-order chi connectivity index (χ0) is 12.5. The fourth-order valence-corrected chi connectivity index (χ4v) is 2.11. The normalized spacial score (nSPS) is 10.3. The standard InChI is InChI=1S/C11H19N3O2S/c1-9-10(13-8-14-11(9)16-2)12-4-7-17-6-3-5-15/h8,15H,3-7H2,1-2H3,(H,12,13,14). The number of ether oxygens (including phenoxy) is 1. The second-order valence-corrected chi connectivity index (χ2v) is 4.70. The van der Waals surface area contributed by atoms with Crippen LogP contribution in [0.15, 0.2) is 6.33 Å². The molecule has 0 unspecified atom stereocenters. The predicted octanol–water partition coefficient (Wildman–Crippen LogP) is 1.32. The molecule has 17 heavy (non-hydrogen) atoms. The lowest BCUT2D eigenvalue weighted by Gasteiger charge is -2.10. The largest absolute Gasteiger partial charge is 0.481 e. The maximum Gasteiger partial charge on any atom is 0.221 e. The van der Waals surface area contributed by atoms with Crippen LogP contribution < -0.4 is 10.1 Å². The van der Waals surface area contributed by atoms with E-state index < -0.39 is 0 Å². The highest BCUT2D eigenvalue weighted by atomic mass is 32.2. The van der Waals surface area contributed by atoms with Crippen LogP contribution in [0.2, 0.25) is 0 Å². The third-order valence-corrected chi connectivity index (χ3v) is 3.29. The van der Waals surface area contributed by atoms with Gasteiger partial charge in [-0.2, -0.15) is 11.8 Å². The van der Waals surface area contributed by atoms with Crippen molar-refractivity contribution in [2.24, 2.45) is 0 Å². The van der Waals surface area contributed by atoms with E-state index in [1.165, 1.54) is 6.33 Å². The first-order valence-corrected chi connectivity index (χ1v) is 6.73. The van der Waals surface area contributed by atoms with Crippen LogP contribution in [-0.2, 0) is 0 Å². The van der Waals surface area contributed by atoms with E-state index in [9.17, 15) is 0 Å². The number of methoxy groups -OCH3 is 1. The minimum atomic E-state index is 0.267. The van der Waals surface area contributed by atoms with Gasteiger partial charge in [0.2, 0.25) is 5.88 Å². The lowest BCUT2D eigenvalue weighted by atomic mass is 10.3. The molecule has 0 saturated heterocycles. The number of thioether (sulfide) groups is 1. The number of nitrogens with one attached hydrogen (secondary N) is 1. The minimum Gasteiger partial charge on any atom is -0.481 e. The lowest BCUT2D eigenvalue weighted by Crippen LogP contribution is -2.08. The number of anilines is 1. The molecule has 0 aromatic carbocycles. The van der Waals surface area contributed by atoms with Gasteiger partial charge in [0.1, 0.15) is 12.1 Å². The highest BCUT2D eigenvalue weighted by Crippen LogP contribution is 2.19. The molecule has 0 aliphatic rings. The Morgan fingerprint density at radius 1 is 1.41 bits per heavy atom. The summed E-state index contributed by atoms with van der Waals surface area (Å²) < 4.78 is 5.12. The Balaban J connectivity index is 2.31. The van der Waals surface area contributed by atoms with Crippen LogP contribution in [0.4, 0.5) is 5.82 Å². The van der Waals surface area contributed by atoms with E-state index >= 15 is 0 Å². The zero-order valence-corrected chi connectivity index (χ0v) is 11.1. The van der Waals surface area contributed by atoms with Crippen molar-refractivity contribution in [1.29, 1.82) is 0 Å². The molecular weight excluding hydrogens is 238 g/mol. The summed E-state index contributed by atoms with van der Waals surface area (Å²) in [6.45, 7) is 3.04. The molecule has 6 heteroatoms. The van der Waals surface area contributed by atoms with E-state index in [4.69, 9.17) is 9.84 Å². The Labute approximate surface area is 106 Å². The first-order chi connectivity index (χ1) is 8.29. The van der Waals surface area contributed by atoms with E-state index in [1.54, 1.807) is 7.11 Å². The Kier molecular flexibility index (Phi) is 6.73. The number of nitrogens with zero attached hydrogens (tertiary/aromatic N) is 2. The molecule has 1 aromatic heterocycles. The number of aliphatic hydroxyl groups is 1. The van der Waals surface area contributed by atoms with Crippen LogP contribution in [0.5, 0.6) is 5.88 Å². The SMILES string of the molecule is COc1ncnc(NCCSCCCO)c1C. The van der Waals surface area contributed by atoms with E-state index in [-0.39, 0.29) is 6.61 Å². The summed E-state index contributed by atoms with van der Waals surface area (Å²) in [5.74, 6) is 3.41. The third kappa shape index (κ3) is 4.79. The summed E-state index contributed by atoms with van der Waals surface area (Å²) in [4.78, 5) is 8.19. The zero-order valence-electron chi connectivity index (χ0n) is 10.3. The Morgan fingerprint density at radius 3 is 2.94 bits per heavy atom. The van der Waals surface area contributed by atoms with Crippen molar-refractivity contribution in [1.82, 2.24) is 9.97 Å². The van der Waals surface area contributed by atoms with Crippen LogP contribution in [0.25, 0.3) is 0 Å². The quantitative estimate of drug-likeness (QED) is 0.685. The average molecular weight is 257 g/mol. The third-order valence-electron chi connectivity index (χ3n) is 2.22. The molecule has 2 N–H and O–H groups in total. The predicted molar refractivity (Wildman–Crippen MR) is 70.8 cm³/mol. The van der Waals surface area contributed by atoms with Crippen LogP contribution in [0.1, 0.15) is 12.0 Å². The summed E-state index contributed by atoms with van der Waals surface area (Å²) in [7, 11) is 1.60. The molecule has 5 nitrogen and oxygen atoms in total. The van der Waals surface area contributed by atoms with Gasteiger partial charge in [-0.25, -0.2) is 9.97 Å². The molecule has 0 radical (unpaired) electrons. The lowest BCUT2D eigenvalue weighted by molar-refractivity contribution is 0.296. The fourth-order valence-electron chi connectivity index (χ4n) is 1.33. The molecule has 1 heterocycles. The Bertz CT molecular complexity index is 336. The molecule has 0 amide bonds. The van der Waals surface area contributed by atoms with Gasteiger partial charge in [0.05, 0.1) is 12.7 Å². The van der Waals surface area contributed by atoms with Crippen molar-refractivity contribution >= 4 is 17.6 Å². The number of hydrogen-bond donors (Lipinski definition) is 2. The molecule has 0 aliphatic carbocycles. The van der Waals surface area contributed by atoms with E-state index in [1.807, 2.05) is 18.7 Å². The molecule has 0 atom stereocenters. The van der Waals surface area contributed by atoms with Gasteiger partial charge in [-0.3, -0.25) is 0 Å².